The molecule has 1 atom stereocenters. The highest BCUT2D eigenvalue weighted by Gasteiger charge is 2.39. The second-order valence-electron chi connectivity index (χ2n) is 5.50. The van der Waals surface area contributed by atoms with E-state index in [0.717, 1.165) is 0 Å². The predicted octanol–water partition coefficient (Wildman–Crippen LogP) is 3.92. The molecule has 1 N–H and O–H groups in total. The third-order valence-corrected chi connectivity index (χ3v) is 4.52. The summed E-state index contributed by atoms with van der Waals surface area (Å²) in [5, 5.41) is 23.2. The van der Waals surface area contributed by atoms with E-state index in [-0.39, 0.29) is 16.3 Å². The number of aryl methyl sites for hydroxylation is 1. The summed E-state index contributed by atoms with van der Waals surface area (Å²) in [4.78, 5) is 14.7. The van der Waals surface area contributed by atoms with Crippen LogP contribution in [0.25, 0.3) is 0 Å². The van der Waals surface area contributed by atoms with Gasteiger partial charge < -0.3 is 9.67 Å². The largest absolute Gasteiger partial charge is 0.373 e. The SMILES string of the molecule is Cn1ccnc1C(O)(c1ccc(Cl)cc1)c1ccc([N+](=O)[O-])cc1Cl. The van der Waals surface area contributed by atoms with E-state index in [9.17, 15) is 15.2 Å². The fourth-order valence-electron chi connectivity index (χ4n) is 2.72. The maximum Gasteiger partial charge on any atom is 0.270 e. The van der Waals surface area contributed by atoms with Gasteiger partial charge in [0.1, 0.15) is 5.82 Å². The Labute approximate surface area is 153 Å². The number of nitrogens with zero attached hydrogens (tertiary/aromatic N) is 3. The summed E-state index contributed by atoms with van der Waals surface area (Å²) >= 11 is 12.2. The van der Waals surface area contributed by atoms with Gasteiger partial charge in [-0.3, -0.25) is 10.1 Å². The van der Waals surface area contributed by atoms with Crippen molar-refractivity contribution in [1.29, 1.82) is 0 Å². The number of benzene rings is 2. The maximum atomic E-state index is 11.6. The molecule has 0 spiro atoms. The predicted molar refractivity (Wildman–Crippen MR) is 94.9 cm³/mol. The van der Waals surface area contributed by atoms with E-state index in [0.29, 0.717) is 16.4 Å². The summed E-state index contributed by atoms with van der Waals surface area (Å²) in [5.41, 5.74) is -1.08. The van der Waals surface area contributed by atoms with E-state index < -0.39 is 10.5 Å². The molecule has 128 valence electrons. The van der Waals surface area contributed by atoms with Crippen LogP contribution in [0.5, 0.6) is 0 Å². The van der Waals surface area contributed by atoms with E-state index in [2.05, 4.69) is 4.98 Å². The fourth-order valence-corrected chi connectivity index (χ4v) is 3.16. The molecule has 0 fully saturated rings. The first-order chi connectivity index (χ1) is 11.8. The van der Waals surface area contributed by atoms with Crippen molar-refractivity contribution in [1.82, 2.24) is 9.55 Å². The number of halogens is 2. The summed E-state index contributed by atoms with van der Waals surface area (Å²) in [5.74, 6) is 0.325. The Hall–Kier alpha value is -2.41. The number of rotatable bonds is 4. The summed E-state index contributed by atoms with van der Waals surface area (Å²) in [7, 11) is 1.74. The van der Waals surface area contributed by atoms with Crippen LogP contribution >= 0.6 is 23.2 Å². The number of imidazole rings is 1. The van der Waals surface area contributed by atoms with Gasteiger partial charge in [-0.2, -0.15) is 0 Å². The number of hydrogen-bond acceptors (Lipinski definition) is 4. The quantitative estimate of drug-likeness (QED) is 0.551. The van der Waals surface area contributed by atoms with Gasteiger partial charge in [-0.05, 0) is 23.8 Å². The Balaban J connectivity index is 2.27. The van der Waals surface area contributed by atoms with Crippen molar-refractivity contribution < 1.29 is 10.0 Å². The molecule has 0 saturated heterocycles. The Morgan fingerprint density at radius 2 is 1.88 bits per heavy atom. The zero-order valence-electron chi connectivity index (χ0n) is 13.1. The molecule has 1 heterocycles. The molecule has 0 radical (unpaired) electrons. The van der Waals surface area contributed by atoms with Crippen LogP contribution in [0, 0.1) is 10.1 Å². The van der Waals surface area contributed by atoms with Gasteiger partial charge in [-0.1, -0.05) is 35.3 Å². The summed E-state index contributed by atoms with van der Waals surface area (Å²) in [6.07, 6.45) is 3.24. The topological polar surface area (TPSA) is 81.2 Å². The van der Waals surface area contributed by atoms with Gasteiger partial charge in [0.05, 0.1) is 9.95 Å². The molecule has 0 aliphatic heterocycles. The molecule has 6 nitrogen and oxygen atoms in total. The molecule has 8 heteroatoms. The number of nitro groups is 1. The molecule has 1 unspecified atom stereocenters. The molecule has 25 heavy (non-hydrogen) atoms. The Morgan fingerprint density at radius 1 is 1.20 bits per heavy atom. The second kappa shape index (κ2) is 6.48. The first-order valence-electron chi connectivity index (χ1n) is 7.24. The number of aliphatic hydroxyl groups is 1. The lowest BCUT2D eigenvalue weighted by atomic mass is 9.85. The van der Waals surface area contributed by atoms with Crippen molar-refractivity contribution in [2.75, 3.05) is 0 Å². The van der Waals surface area contributed by atoms with Crippen molar-refractivity contribution in [3.05, 3.63) is 92.0 Å². The Morgan fingerprint density at radius 3 is 2.40 bits per heavy atom. The van der Waals surface area contributed by atoms with Crippen LogP contribution < -0.4 is 0 Å². The maximum absolute atomic E-state index is 11.6. The summed E-state index contributed by atoms with van der Waals surface area (Å²) in [6, 6.07) is 10.5. The van der Waals surface area contributed by atoms with Crippen molar-refractivity contribution in [3.63, 3.8) is 0 Å². The van der Waals surface area contributed by atoms with E-state index in [1.807, 2.05) is 0 Å². The third-order valence-electron chi connectivity index (χ3n) is 3.96. The molecule has 1 aromatic heterocycles. The first kappa shape index (κ1) is 17.4. The van der Waals surface area contributed by atoms with Gasteiger partial charge in [0.2, 0.25) is 0 Å². The zero-order chi connectivity index (χ0) is 18.2. The van der Waals surface area contributed by atoms with Crippen LogP contribution in [0.3, 0.4) is 0 Å². The van der Waals surface area contributed by atoms with Gasteiger partial charge in [0.25, 0.3) is 5.69 Å². The molecular formula is C17H13Cl2N3O3. The van der Waals surface area contributed by atoms with Crippen LogP contribution in [-0.2, 0) is 12.6 Å². The zero-order valence-corrected chi connectivity index (χ0v) is 14.6. The van der Waals surface area contributed by atoms with E-state index >= 15 is 0 Å². The van der Waals surface area contributed by atoms with Crippen LogP contribution in [0.4, 0.5) is 5.69 Å². The first-order valence-corrected chi connectivity index (χ1v) is 8.00. The number of hydrogen-bond donors (Lipinski definition) is 1. The lowest BCUT2D eigenvalue weighted by Gasteiger charge is -2.29. The summed E-state index contributed by atoms with van der Waals surface area (Å²) in [6.45, 7) is 0. The van der Waals surface area contributed by atoms with Crippen LogP contribution in [0.2, 0.25) is 10.0 Å². The highest BCUT2D eigenvalue weighted by molar-refractivity contribution is 6.31. The average Bonchev–Trinajstić information content (AvgIpc) is 3.01. The molecule has 3 aromatic rings. The number of aromatic nitrogens is 2. The molecule has 0 aliphatic rings. The highest BCUT2D eigenvalue weighted by Crippen LogP contribution is 2.40. The van der Waals surface area contributed by atoms with Gasteiger partial charge in [-0.15, -0.1) is 0 Å². The normalized spacial score (nSPS) is 13.4. The van der Waals surface area contributed by atoms with Crippen molar-refractivity contribution >= 4 is 28.9 Å². The third kappa shape index (κ3) is 3.00. The minimum atomic E-state index is -1.70. The molecular weight excluding hydrogens is 365 g/mol. The van der Waals surface area contributed by atoms with Crippen LogP contribution in [0.15, 0.2) is 54.9 Å². The lowest BCUT2D eigenvalue weighted by molar-refractivity contribution is -0.384. The van der Waals surface area contributed by atoms with Gasteiger partial charge in [0, 0.05) is 42.2 Å². The molecule has 0 bridgehead atoms. The Kier molecular flexibility index (Phi) is 4.51. The molecule has 3 rings (SSSR count). The fraction of sp³-hybridized carbons (Fsp3) is 0.118. The number of nitro benzene ring substituents is 1. The molecule has 0 saturated carbocycles. The second-order valence-corrected chi connectivity index (χ2v) is 6.34. The minimum Gasteiger partial charge on any atom is -0.373 e. The molecule has 2 aromatic carbocycles. The van der Waals surface area contributed by atoms with Gasteiger partial charge in [0.15, 0.2) is 5.60 Å². The number of non-ortho nitro benzene ring substituents is 1. The summed E-state index contributed by atoms with van der Waals surface area (Å²) < 4.78 is 1.66. The van der Waals surface area contributed by atoms with E-state index in [1.165, 1.54) is 18.2 Å². The van der Waals surface area contributed by atoms with Gasteiger partial charge >= 0.3 is 0 Å². The van der Waals surface area contributed by atoms with E-state index in [4.69, 9.17) is 23.2 Å². The Bertz CT molecular complexity index is 941. The minimum absolute atomic E-state index is 0.0645. The monoisotopic (exact) mass is 377 g/mol. The van der Waals surface area contributed by atoms with E-state index in [1.54, 1.807) is 48.3 Å². The van der Waals surface area contributed by atoms with Crippen molar-refractivity contribution in [3.8, 4) is 0 Å². The van der Waals surface area contributed by atoms with Crippen molar-refractivity contribution in [2.45, 2.75) is 5.60 Å². The average molecular weight is 378 g/mol. The van der Waals surface area contributed by atoms with Gasteiger partial charge in [-0.25, -0.2) is 4.98 Å². The molecule has 0 amide bonds. The van der Waals surface area contributed by atoms with Crippen molar-refractivity contribution in [2.24, 2.45) is 7.05 Å². The standard InChI is InChI=1S/C17H13Cl2N3O3/c1-21-9-8-20-16(21)17(23,11-2-4-12(18)5-3-11)14-7-6-13(22(24)25)10-15(14)19/h2-10,23H,1H3. The lowest BCUT2D eigenvalue weighted by Crippen LogP contribution is -2.32. The van der Waals surface area contributed by atoms with Crippen LogP contribution in [-0.4, -0.2) is 19.6 Å². The highest BCUT2D eigenvalue weighted by atomic mass is 35.5. The smallest absolute Gasteiger partial charge is 0.270 e. The van der Waals surface area contributed by atoms with Crippen LogP contribution in [0.1, 0.15) is 17.0 Å². The molecule has 0 aliphatic carbocycles.